The van der Waals surface area contributed by atoms with Crippen LogP contribution < -0.4 is 4.74 Å². The number of rotatable bonds is 4. The first-order chi connectivity index (χ1) is 15.0. The van der Waals surface area contributed by atoms with Crippen molar-refractivity contribution < 1.29 is 14.8 Å². The van der Waals surface area contributed by atoms with E-state index in [0.717, 1.165) is 37.3 Å². The van der Waals surface area contributed by atoms with Gasteiger partial charge in [-0.25, -0.2) is 4.98 Å². The summed E-state index contributed by atoms with van der Waals surface area (Å²) in [5, 5.41) is 22.5. The number of piperidine rings is 1. The zero-order chi connectivity index (χ0) is 21.3. The summed E-state index contributed by atoms with van der Waals surface area (Å²) < 4.78 is 6.58. The number of ether oxygens (including phenoxy) is 1. The molecule has 2 bridgehead atoms. The molecule has 0 amide bonds. The summed E-state index contributed by atoms with van der Waals surface area (Å²) in [6.07, 6.45) is 5.62. The lowest BCUT2D eigenvalue weighted by molar-refractivity contribution is -0.385. The maximum absolute atomic E-state index is 10.9. The Labute approximate surface area is 188 Å². The second-order valence-electron chi connectivity index (χ2n) is 9.04. The van der Waals surface area contributed by atoms with Crippen LogP contribution in [-0.2, 0) is 11.8 Å². The number of phenols is 1. The van der Waals surface area contributed by atoms with Crippen molar-refractivity contribution in [3.8, 4) is 11.5 Å². The Morgan fingerprint density at radius 3 is 2.97 bits per heavy atom. The van der Waals surface area contributed by atoms with Crippen LogP contribution in [0.5, 0.6) is 11.5 Å². The molecule has 7 nitrogen and oxygen atoms in total. The van der Waals surface area contributed by atoms with E-state index in [1.165, 1.54) is 23.4 Å². The molecule has 6 rings (SSSR count). The van der Waals surface area contributed by atoms with Crippen LogP contribution >= 0.6 is 21.6 Å². The van der Waals surface area contributed by atoms with Crippen molar-refractivity contribution in [1.82, 2.24) is 9.88 Å². The average molecular weight is 458 g/mol. The van der Waals surface area contributed by atoms with E-state index in [4.69, 9.17) is 4.74 Å². The van der Waals surface area contributed by atoms with Crippen LogP contribution in [0.15, 0.2) is 35.5 Å². The SMILES string of the molecule is CN1CCC23c4c5ccc(O)c4O[C@@H]2[C@H](SSc2ccc([N+](=O)[O-])cn2)CC[C@H]3[C@H]1C5. The molecule has 0 radical (unpaired) electrons. The molecule has 9 heteroatoms. The average Bonchev–Trinajstić information content (AvgIpc) is 3.12. The van der Waals surface area contributed by atoms with Crippen molar-refractivity contribution in [3.05, 3.63) is 51.7 Å². The fraction of sp³-hybridized carbons (Fsp3) is 0.500. The third-order valence-electron chi connectivity index (χ3n) is 7.73. The summed E-state index contributed by atoms with van der Waals surface area (Å²) in [5.74, 6) is 1.51. The van der Waals surface area contributed by atoms with Crippen LogP contribution in [-0.4, -0.2) is 50.9 Å². The number of benzene rings is 1. The molecule has 3 heterocycles. The monoisotopic (exact) mass is 457 g/mol. The Balaban J connectivity index is 1.32. The summed E-state index contributed by atoms with van der Waals surface area (Å²) in [6, 6.07) is 7.62. The number of hydrogen-bond donors (Lipinski definition) is 1. The zero-order valence-electron chi connectivity index (χ0n) is 17.1. The number of pyridine rings is 1. The summed E-state index contributed by atoms with van der Waals surface area (Å²) in [5.41, 5.74) is 2.58. The van der Waals surface area contributed by atoms with E-state index in [2.05, 4.69) is 23.0 Å². The highest BCUT2D eigenvalue weighted by atomic mass is 33.1. The summed E-state index contributed by atoms with van der Waals surface area (Å²) >= 11 is 0. The normalized spacial score (nSPS) is 32.9. The maximum atomic E-state index is 10.9. The Hall–Kier alpha value is -1.97. The van der Waals surface area contributed by atoms with E-state index < -0.39 is 4.92 Å². The van der Waals surface area contributed by atoms with Gasteiger partial charge in [-0.15, -0.1) is 0 Å². The van der Waals surface area contributed by atoms with Gasteiger partial charge in [0.1, 0.15) is 17.3 Å². The molecule has 2 aliphatic heterocycles. The third kappa shape index (κ3) is 2.75. The second kappa shape index (κ2) is 7.02. The number of aromatic nitrogens is 1. The highest BCUT2D eigenvalue weighted by molar-refractivity contribution is 8.76. The van der Waals surface area contributed by atoms with Gasteiger partial charge in [-0.05, 0) is 73.7 Å². The number of likely N-dealkylation sites (tertiary alicyclic amines) is 1. The first-order valence-corrected chi connectivity index (χ1v) is 12.9. The van der Waals surface area contributed by atoms with Crippen LogP contribution in [0.1, 0.15) is 30.4 Å². The molecule has 4 aliphatic rings. The second-order valence-corrected chi connectivity index (χ2v) is 11.5. The number of nitro groups is 1. The van der Waals surface area contributed by atoms with Gasteiger partial charge in [-0.1, -0.05) is 16.9 Å². The van der Waals surface area contributed by atoms with Crippen molar-refractivity contribution in [1.29, 1.82) is 0 Å². The lowest BCUT2D eigenvalue weighted by Gasteiger charge is -2.58. The Morgan fingerprint density at radius 2 is 2.19 bits per heavy atom. The van der Waals surface area contributed by atoms with Crippen molar-refractivity contribution in [2.75, 3.05) is 13.6 Å². The molecule has 1 spiro atoms. The Morgan fingerprint density at radius 1 is 1.32 bits per heavy atom. The minimum atomic E-state index is -0.428. The molecule has 5 atom stereocenters. The standard InChI is InChI=1S/C22H23N3O4S2/c1-24-9-8-22-14-4-6-17(30-31-18-7-3-13(11-23-18)25(27)28)21(22)29-20-16(26)5-2-12(19(20)22)10-15(14)24/h2-3,5,7,11,14-15,17,21,26H,4,6,8-10H2,1H3/t14-,15+,17+,21+,22?/m0/s1. The molecular formula is C22H23N3O4S2. The molecule has 1 aromatic heterocycles. The van der Waals surface area contributed by atoms with Crippen LogP contribution in [0, 0.1) is 16.0 Å². The van der Waals surface area contributed by atoms with Crippen molar-refractivity contribution in [2.24, 2.45) is 5.92 Å². The number of nitrogens with zero attached hydrogens (tertiary/aromatic N) is 3. The summed E-state index contributed by atoms with van der Waals surface area (Å²) in [6.45, 7) is 1.05. The molecule has 1 unspecified atom stereocenters. The number of phenolic OH excluding ortho intramolecular Hbond substituents is 1. The maximum Gasteiger partial charge on any atom is 0.287 e. The molecule has 2 aromatic rings. The number of aromatic hydroxyl groups is 1. The smallest absolute Gasteiger partial charge is 0.287 e. The minimum Gasteiger partial charge on any atom is -0.504 e. The van der Waals surface area contributed by atoms with Gasteiger partial charge in [0.2, 0.25) is 0 Å². The minimum absolute atomic E-state index is 0.00546. The number of hydrogen-bond acceptors (Lipinski definition) is 8. The lowest BCUT2D eigenvalue weighted by atomic mass is 9.52. The van der Waals surface area contributed by atoms with E-state index in [0.29, 0.717) is 17.7 Å². The Kier molecular flexibility index (Phi) is 4.46. The van der Waals surface area contributed by atoms with Gasteiger partial charge in [0.05, 0.1) is 10.2 Å². The van der Waals surface area contributed by atoms with E-state index in [1.807, 2.05) is 0 Å². The predicted octanol–water partition coefficient (Wildman–Crippen LogP) is 4.17. The number of likely N-dealkylation sites (N-methyl/N-ethyl adjacent to an activating group) is 1. The first kappa shape index (κ1) is 19.7. The molecule has 1 saturated heterocycles. The fourth-order valence-electron chi connectivity index (χ4n) is 6.43. The van der Waals surface area contributed by atoms with Gasteiger partial charge in [0, 0.05) is 23.1 Å². The summed E-state index contributed by atoms with van der Waals surface area (Å²) in [7, 11) is 5.56. The van der Waals surface area contributed by atoms with Crippen molar-refractivity contribution >= 4 is 27.3 Å². The van der Waals surface area contributed by atoms with Crippen LogP contribution in [0.3, 0.4) is 0 Å². The van der Waals surface area contributed by atoms with E-state index in [1.54, 1.807) is 33.7 Å². The van der Waals surface area contributed by atoms with Crippen LogP contribution in [0.4, 0.5) is 5.69 Å². The molecule has 2 aliphatic carbocycles. The highest BCUT2D eigenvalue weighted by Gasteiger charge is 2.65. The fourth-order valence-corrected chi connectivity index (χ4v) is 9.06. The molecule has 1 N–H and O–H groups in total. The third-order valence-corrected chi connectivity index (χ3v) is 10.5. The van der Waals surface area contributed by atoms with E-state index in [9.17, 15) is 15.2 Å². The predicted molar refractivity (Wildman–Crippen MR) is 120 cm³/mol. The topological polar surface area (TPSA) is 88.7 Å². The largest absolute Gasteiger partial charge is 0.504 e. The van der Waals surface area contributed by atoms with Gasteiger partial charge >= 0.3 is 0 Å². The van der Waals surface area contributed by atoms with Gasteiger partial charge < -0.3 is 14.7 Å². The lowest BCUT2D eigenvalue weighted by Crippen LogP contribution is -2.65. The Bertz CT molecular complexity index is 1070. The molecular weight excluding hydrogens is 434 g/mol. The van der Waals surface area contributed by atoms with E-state index in [-0.39, 0.29) is 28.2 Å². The van der Waals surface area contributed by atoms with Crippen LogP contribution in [0.25, 0.3) is 0 Å². The highest BCUT2D eigenvalue weighted by Crippen LogP contribution is 2.65. The molecule has 1 saturated carbocycles. The zero-order valence-corrected chi connectivity index (χ0v) is 18.7. The van der Waals surface area contributed by atoms with E-state index >= 15 is 0 Å². The quantitative estimate of drug-likeness (QED) is 0.416. The van der Waals surface area contributed by atoms with Gasteiger partial charge in [0.25, 0.3) is 5.69 Å². The summed E-state index contributed by atoms with van der Waals surface area (Å²) in [4.78, 5) is 17.2. The van der Waals surface area contributed by atoms with Gasteiger partial charge in [-0.3, -0.25) is 10.1 Å². The molecule has 2 fully saturated rings. The van der Waals surface area contributed by atoms with Gasteiger partial charge in [0.15, 0.2) is 11.5 Å². The van der Waals surface area contributed by atoms with Gasteiger partial charge in [-0.2, -0.15) is 0 Å². The molecule has 162 valence electrons. The molecule has 31 heavy (non-hydrogen) atoms. The first-order valence-electron chi connectivity index (χ1n) is 10.6. The van der Waals surface area contributed by atoms with Crippen molar-refractivity contribution in [3.63, 3.8) is 0 Å². The van der Waals surface area contributed by atoms with Crippen molar-refractivity contribution in [2.45, 2.75) is 53.5 Å². The van der Waals surface area contributed by atoms with Crippen LogP contribution in [0.2, 0.25) is 0 Å². The molecule has 1 aromatic carbocycles.